The van der Waals surface area contributed by atoms with E-state index in [1.54, 1.807) is 24.1 Å². The summed E-state index contributed by atoms with van der Waals surface area (Å²) in [5.74, 6) is 0.505. The molecule has 1 aromatic rings. The summed E-state index contributed by atoms with van der Waals surface area (Å²) in [6.07, 6.45) is 2.73. The number of halogens is 1. The van der Waals surface area contributed by atoms with Crippen LogP contribution in [0.3, 0.4) is 0 Å². The zero-order chi connectivity index (χ0) is 14.8. The summed E-state index contributed by atoms with van der Waals surface area (Å²) < 4.78 is 0. The number of piperidine rings is 1. The monoisotopic (exact) mass is 297 g/mol. The summed E-state index contributed by atoms with van der Waals surface area (Å²) in [6.45, 7) is 5.59. The number of aromatic nitrogens is 1. The minimum Gasteiger partial charge on any atom is -0.390 e. The summed E-state index contributed by atoms with van der Waals surface area (Å²) in [5.41, 5.74) is -0.181. The molecular weight excluding hydrogens is 278 g/mol. The van der Waals surface area contributed by atoms with Crippen LogP contribution in [0, 0.1) is 0 Å². The average Bonchev–Trinajstić information content (AvgIpc) is 2.40. The fourth-order valence-corrected chi connectivity index (χ4v) is 2.46. The smallest absolute Gasteiger partial charge is 0.255 e. The molecule has 1 aliphatic rings. The van der Waals surface area contributed by atoms with Crippen LogP contribution in [0.5, 0.6) is 0 Å². The number of nitrogens with zero attached hydrogens (tertiary/aromatic N) is 2. The van der Waals surface area contributed by atoms with Crippen molar-refractivity contribution >= 4 is 23.3 Å². The first-order chi connectivity index (χ1) is 9.43. The van der Waals surface area contributed by atoms with Gasteiger partial charge in [0.05, 0.1) is 16.2 Å². The third kappa shape index (κ3) is 3.41. The maximum absolute atomic E-state index is 12.4. The first kappa shape index (κ1) is 15.1. The van der Waals surface area contributed by atoms with Crippen LogP contribution in [0.25, 0.3) is 0 Å². The fourth-order valence-electron chi connectivity index (χ4n) is 2.23. The van der Waals surface area contributed by atoms with E-state index < -0.39 is 5.60 Å². The van der Waals surface area contributed by atoms with E-state index in [-0.39, 0.29) is 5.91 Å². The molecule has 1 amide bonds. The Morgan fingerprint density at radius 3 is 2.75 bits per heavy atom. The highest BCUT2D eigenvalue weighted by molar-refractivity contribution is 6.33. The average molecular weight is 298 g/mol. The Balaban J connectivity index is 2.08. The van der Waals surface area contributed by atoms with Gasteiger partial charge in [0.15, 0.2) is 0 Å². The lowest BCUT2D eigenvalue weighted by atomic mass is 9.93. The number of carbonyl (C=O) groups excluding carboxylic acids is 1. The van der Waals surface area contributed by atoms with Gasteiger partial charge in [0.2, 0.25) is 0 Å². The summed E-state index contributed by atoms with van der Waals surface area (Å²) in [5, 5.41) is 13.4. The van der Waals surface area contributed by atoms with Gasteiger partial charge in [-0.05, 0) is 32.8 Å². The lowest BCUT2D eigenvalue weighted by Crippen LogP contribution is -2.45. The van der Waals surface area contributed by atoms with Gasteiger partial charge < -0.3 is 15.3 Å². The molecule has 2 rings (SSSR count). The number of carbonyl (C=O) groups is 1. The molecule has 0 spiro atoms. The van der Waals surface area contributed by atoms with E-state index in [2.05, 4.69) is 10.3 Å². The highest BCUT2D eigenvalue weighted by Crippen LogP contribution is 2.24. The van der Waals surface area contributed by atoms with Crippen LogP contribution in [0.15, 0.2) is 12.3 Å². The van der Waals surface area contributed by atoms with Gasteiger partial charge in [-0.2, -0.15) is 0 Å². The minimum absolute atomic E-state index is 0.0852. The van der Waals surface area contributed by atoms with Crippen molar-refractivity contribution in [3.05, 3.63) is 22.8 Å². The lowest BCUT2D eigenvalue weighted by Gasteiger charge is -2.35. The number of hydrogen-bond acceptors (Lipinski definition) is 4. The van der Waals surface area contributed by atoms with Crippen LogP contribution in [-0.4, -0.2) is 46.1 Å². The molecule has 0 aromatic carbocycles. The Kier molecular flexibility index (Phi) is 4.50. The summed E-state index contributed by atoms with van der Waals surface area (Å²) in [4.78, 5) is 18.3. The molecule has 0 radical (unpaired) electrons. The Labute approximate surface area is 123 Å². The van der Waals surface area contributed by atoms with Crippen molar-refractivity contribution in [2.75, 3.05) is 25.0 Å². The van der Waals surface area contributed by atoms with Crippen LogP contribution in [0.1, 0.15) is 37.0 Å². The number of anilines is 1. The number of aliphatic hydroxyl groups is 1. The molecule has 0 bridgehead atoms. The molecule has 5 nitrogen and oxygen atoms in total. The molecule has 20 heavy (non-hydrogen) atoms. The van der Waals surface area contributed by atoms with Crippen molar-refractivity contribution in [1.29, 1.82) is 0 Å². The Morgan fingerprint density at radius 2 is 2.20 bits per heavy atom. The van der Waals surface area contributed by atoms with Crippen LogP contribution >= 0.6 is 11.6 Å². The van der Waals surface area contributed by atoms with Gasteiger partial charge in [-0.15, -0.1) is 0 Å². The second-order valence-electron chi connectivity index (χ2n) is 5.37. The van der Waals surface area contributed by atoms with Crippen molar-refractivity contribution in [2.24, 2.45) is 0 Å². The third-order valence-electron chi connectivity index (χ3n) is 3.56. The molecular formula is C14H20ClN3O2. The molecule has 2 heterocycles. The van der Waals surface area contributed by atoms with Gasteiger partial charge in [-0.1, -0.05) is 11.6 Å². The van der Waals surface area contributed by atoms with E-state index in [9.17, 15) is 9.90 Å². The SMILES string of the molecule is CCNc1ncc(C(=O)N2CCC(C)(O)CC2)cc1Cl. The maximum atomic E-state index is 12.4. The largest absolute Gasteiger partial charge is 0.390 e. The molecule has 0 aliphatic carbocycles. The maximum Gasteiger partial charge on any atom is 0.255 e. The molecule has 1 aromatic heterocycles. The normalized spacial score (nSPS) is 17.9. The topological polar surface area (TPSA) is 65.5 Å². The highest BCUT2D eigenvalue weighted by atomic mass is 35.5. The van der Waals surface area contributed by atoms with Crippen LogP contribution in [-0.2, 0) is 0 Å². The molecule has 0 atom stereocenters. The molecule has 1 saturated heterocycles. The van der Waals surface area contributed by atoms with E-state index >= 15 is 0 Å². The van der Waals surface area contributed by atoms with Crippen molar-refractivity contribution in [2.45, 2.75) is 32.3 Å². The summed E-state index contributed by atoms with van der Waals surface area (Å²) >= 11 is 6.10. The van der Waals surface area contributed by atoms with Crippen molar-refractivity contribution < 1.29 is 9.90 Å². The Bertz CT molecular complexity index is 495. The molecule has 1 fully saturated rings. The van der Waals surface area contributed by atoms with E-state index in [1.165, 1.54) is 0 Å². The molecule has 2 N–H and O–H groups in total. The Morgan fingerprint density at radius 1 is 1.55 bits per heavy atom. The number of nitrogens with one attached hydrogen (secondary N) is 1. The van der Waals surface area contributed by atoms with E-state index in [0.29, 0.717) is 42.3 Å². The second kappa shape index (κ2) is 5.97. The molecule has 6 heteroatoms. The third-order valence-corrected chi connectivity index (χ3v) is 3.85. The number of hydrogen-bond donors (Lipinski definition) is 2. The van der Waals surface area contributed by atoms with Gasteiger partial charge in [0, 0.05) is 25.8 Å². The summed E-state index contributed by atoms with van der Waals surface area (Å²) in [7, 11) is 0. The van der Waals surface area contributed by atoms with E-state index in [4.69, 9.17) is 11.6 Å². The van der Waals surface area contributed by atoms with Crippen molar-refractivity contribution in [3.8, 4) is 0 Å². The van der Waals surface area contributed by atoms with Gasteiger partial charge in [-0.3, -0.25) is 4.79 Å². The first-order valence-corrected chi connectivity index (χ1v) is 7.22. The summed E-state index contributed by atoms with van der Waals surface area (Å²) in [6, 6.07) is 1.64. The molecule has 0 unspecified atom stereocenters. The number of pyridine rings is 1. The van der Waals surface area contributed by atoms with E-state index in [1.807, 2.05) is 6.92 Å². The molecule has 110 valence electrons. The zero-order valence-corrected chi connectivity index (χ0v) is 12.6. The Hall–Kier alpha value is -1.33. The van der Waals surface area contributed by atoms with Gasteiger partial charge in [0.1, 0.15) is 5.82 Å². The van der Waals surface area contributed by atoms with Crippen molar-refractivity contribution in [3.63, 3.8) is 0 Å². The van der Waals surface area contributed by atoms with E-state index in [0.717, 1.165) is 6.54 Å². The van der Waals surface area contributed by atoms with Crippen LogP contribution in [0.2, 0.25) is 5.02 Å². The standard InChI is InChI=1S/C14H20ClN3O2/c1-3-16-12-11(15)8-10(9-17-12)13(19)18-6-4-14(2,20)5-7-18/h8-9,20H,3-7H2,1-2H3,(H,16,17). The minimum atomic E-state index is -0.665. The number of amides is 1. The van der Waals surface area contributed by atoms with Gasteiger partial charge >= 0.3 is 0 Å². The number of rotatable bonds is 3. The zero-order valence-electron chi connectivity index (χ0n) is 11.8. The predicted molar refractivity (Wildman–Crippen MR) is 79.2 cm³/mol. The van der Waals surface area contributed by atoms with Crippen molar-refractivity contribution in [1.82, 2.24) is 9.88 Å². The quantitative estimate of drug-likeness (QED) is 0.897. The fraction of sp³-hybridized carbons (Fsp3) is 0.571. The van der Waals surface area contributed by atoms with Gasteiger partial charge in [-0.25, -0.2) is 4.98 Å². The lowest BCUT2D eigenvalue weighted by molar-refractivity contribution is -0.00203. The highest BCUT2D eigenvalue weighted by Gasteiger charge is 2.30. The molecule has 1 aliphatic heterocycles. The van der Waals surface area contributed by atoms with Crippen LogP contribution < -0.4 is 5.32 Å². The second-order valence-corrected chi connectivity index (χ2v) is 5.78. The first-order valence-electron chi connectivity index (χ1n) is 6.84. The van der Waals surface area contributed by atoms with Crippen LogP contribution in [0.4, 0.5) is 5.82 Å². The predicted octanol–water partition coefficient (Wildman–Crippen LogP) is 2.15. The molecule has 0 saturated carbocycles. The number of likely N-dealkylation sites (tertiary alicyclic amines) is 1. The van der Waals surface area contributed by atoms with Gasteiger partial charge in [0.25, 0.3) is 5.91 Å².